The van der Waals surface area contributed by atoms with Crippen LogP contribution in [0.5, 0.6) is 0 Å². The van der Waals surface area contributed by atoms with Crippen molar-refractivity contribution in [2.75, 3.05) is 0 Å². The predicted molar refractivity (Wildman–Crippen MR) is 99.9 cm³/mol. The van der Waals surface area contributed by atoms with Gasteiger partial charge in [0.05, 0.1) is 17.7 Å². The summed E-state index contributed by atoms with van der Waals surface area (Å²) in [6, 6.07) is 11.2. The fourth-order valence-electron chi connectivity index (χ4n) is 3.51. The lowest BCUT2D eigenvalue weighted by Crippen LogP contribution is -2.43. The molecule has 3 aromatic rings. The number of fused-ring (bicyclic) bond motifs is 1. The molecule has 7 nitrogen and oxygen atoms in total. The lowest BCUT2D eigenvalue weighted by Gasteiger charge is -2.38. The Morgan fingerprint density at radius 2 is 2.07 bits per heavy atom. The number of para-hydroxylation sites is 1. The topological polar surface area (TPSA) is 97.1 Å². The Bertz CT molecular complexity index is 1030. The fourth-order valence-corrected chi connectivity index (χ4v) is 3.51. The van der Waals surface area contributed by atoms with Gasteiger partial charge in [-0.3, -0.25) is 14.3 Å². The van der Waals surface area contributed by atoms with Crippen molar-refractivity contribution in [3.63, 3.8) is 0 Å². The van der Waals surface area contributed by atoms with Gasteiger partial charge in [-0.25, -0.2) is 9.78 Å². The minimum Gasteiger partial charge on any atom is -0.393 e. The SMILES string of the molecule is O=C(Cn1cccnc1=O)NC(c1cnc2ccccc2c1)C1CC(O)C1. The highest BCUT2D eigenvalue weighted by Gasteiger charge is 2.36. The van der Waals surface area contributed by atoms with Gasteiger partial charge in [-0.1, -0.05) is 18.2 Å². The summed E-state index contributed by atoms with van der Waals surface area (Å²) in [5.41, 5.74) is 1.33. The molecule has 1 unspecified atom stereocenters. The number of hydrogen-bond donors (Lipinski definition) is 2. The van der Waals surface area contributed by atoms with Gasteiger partial charge in [-0.15, -0.1) is 0 Å². The van der Waals surface area contributed by atoms with Crippen molar-refractivity contribution >= 4 is 16.8 Å². The zero-order chi connectivity index (χ0) is 18.8. The number of aromatic nitrogens is 3. The van der Waals surface area contributed by atoms with E-state index in [4.69, 9.17) is 0 Å². The molecule has 27 heavy (non-hydrogen) atoms. The van der Waals surface area contributed by atoms with E-state index >= 15 is 0 Å². The van der Waals surface area contributed by atoms with Gasteiger partial charge < -0.3 is 10.4 Å². The van der Waals surface area contributed by atoms with Crippen LogP contribution in [0.2, 0.25) is 0 Å². The maximum Gasteiger partial charge on any atom is 0.347 e. The minimum absolute atomic E-state index is 0.0978. The van der Waals surface area contributed by atoms with E-state index in [1.807, 2.05) is 30.3 Å². The first-order chi connectivity index (χ1) is 13.1. The molecule has 2 heterocycles. The number of rotatable bonds is 5. The summed E-state index contributed by atoms with van der Waals surface area (Å²) in [4.78, 5) is 32.4. The number of aliphatic hydroxyl groups is 1. The maximum atomic E-state index is 12.6. The van der Waals surface area contributed by atoms with E-state index < -0.39 is 5.69 Å². The number of aliphatic hydroxyl groups excluding tert-OH is 1. The van der Waals surface area contributed by atoms with Crippen LogP contribution in [0.25, 0.3) is 10.9 Å². The Morgan fingerprint density at radius 3 is 2.85 bits per heavy atom. The van der Waals surface area contributed by atoms with E-state index in [9.17, 15) is 14.7 Å². The quantitative estimate of drug-likeness (QED) is 0.714. The zero-order valence-corrected chi connectivity index (χ0v) is 14.7. The van der Waals surface area contributed by atoms with Gasteiger partial charge in [0.15, 0.2) is 0 Å². The van der Waals surface area contributed by atoms with E-state index in [-0.39, 0.29) is 30.5 Å². The molecule has 1 atom stereocenters. The molecule has 0 aliphatic heterocycles. The van der Waals surface area contributed by atoms with E-state index in [1.165, 1.54) is 17.0 Å². The Labute approximate surface area is 155 Å². The molecule has 0 bridgehead atoms. The van der Waals surface area contributed by atoms with Crippen LogP contribution < -0.4 is 11.0 Å². The number of nitrogens with zero attached hydrogens (tertiary/aromatic N) is 3. The third-order valence-electron chi connectivity index (χ3n) is 5.00. The number of benzene rings is 1. The first-order valence-corrected chi connectivity index (χ1v) is 8.94. The monoisotopic (exact) mass is 364 g/mol. The molecule has 1 aliphatic carbocycles. The third kappa shape index (κ3) is 3.73. The average molecular weight is 364 g/mol. The Balaban J connectivity index is 1.58. The molecule has 1 aromatic carbocycles. The summed E-state index contributed by atoms with van der Waals surface area (Å²) in [6.45, 7) is -0.0978. The molecule has 1 saturated carbocycles. The van der Waals surface area contributed by atoms with E-state index in [0.29, 0.717) is 12.8 Å². The average Bonchev–Trinajstić information content (AvgIpc) is 2.65. The van der Waals surface area contributed by atoms with Crippen LogP contribution >= 0.6 is 0 Å². The van der Waals surface area contributed by atoms with Crippen LogP contribution in [0.15, 0.2) is 59.8 Å². The largest absolute Gasteiger partial charge is 0.393 e. The molecule has 2 N–H and O–H groups in total. The van der Waals surface area contributed by atoms with Crippen LogP contribution in [0.1, 0.15) is 24.4 Å². The van der Waals surface area contributed by atoms with Crippen molar-refractivity contribution in [3.05, 3.63) is 71.0 Å². The van der Waals surface area contributed by atoms with Gasteiger partial charge in [-0.2, -0.15) is 0 Å². The Kier molecular flexibility index (Phi) is 4.68. The van der Waals surface area contributed by atoms with Crippen LogP contribution in [-0.2, 0) is 11.3 Å². The van der Waals surface area contributed by atoms with Crippen LogP contribution in [0.3, 0.4) is 0 Å². The smallest absolute Gasteiger partial charge is 0.347 e. The van der Waals surface area contributed by atoms with Crippen molar-refractivity contribution in [2.45, 2.75) is 31.5 Å². The second kappa shape index (κ2) is 7.28. The lowest BCUT2D eigenvalue weighted by molar-refractivity contribution is -0.123. The lowest BCUT2D eigenvalue weighted by atomic mass is 9.75. The molecule has 138 valence electrons. The van der Waals surface area contributed by atoms with Crippen molar-refractivity contribution in [1.29, 1.82) is 0 Å². The molecule has 1 amide bonds. The number of pyridine rings is 1. The zero-order valence-electron chi connectivity index (χ0n) is 14.7. The second-order valence-corrected chi connectivity index (χ2v) is 6.92. The molecule has 7 heteroatoms. The van der Waals surface area contributed by atoms with Gasteiger partial charge in [0.2, 0.25) is 5.91 Å². The highest BCUT2D eigenvalue weighted by molar-refractivity contribution is 5.79. The summed E-state index contributed by atoms with van der Waals surface area (Å²) in [5, 5.41) is 13.7. The molecule has 1 aliphatic rings. The fraction of sp³-hybridized carbons (Fsp3) is 0.300. The maximum absolute atomic E-state index is 12.6. The molecule has 0 spiro atoms. The van der Waals surface area contributed by atoms with Gasteiger partial charge in [-0.05, 0) is 42.5 Å². The molecular formula is C20H20N4O3. The molecule has 0 saturated heterocycles. The molecule has 4 rings (SSSR count). The predicted octanol–water partition coefficient (Wildman–Crippen LogP) is 1.42. The summed E-state index contributed by atoms with van der Waals surface area (Å²) in [5.74, 6) is -0.137. The first-order valence-electron chi connectivity index (χ1n) is 8.94. The number of carbonyl (C=O) groups excluding carboxylic acids is 1. The van der Waals surface area contributed by atoms with Crippen molar-refractivity contribution in [3.8, 4) is 0 Å². The minimum atomic E-state index is -0.462. The van der Waals surface area contributed by atoms with Gasteiger partial charge >= 0.3 is 5.69 Å². The number of hydrogen-bond acceptors (Lipinski definition) is 5. The Morgan fingerprint density at radius 1 is 1.26 bits per heavy atom. The molecular weight excluding hydrogens is 344 g/mol. The molecule has 0 radical (unpaired) electrons. The Hall–Kier alpha value is -3.06. The summed E-state index contributed by atoms with van der Waals surface area (Å²) < 4.78 is 1.26. The number of nitrogens with one attached hydrogen (secondary N) is 1. The van der Waals surface area contributed by atoms with E-state index in [1.54, 1.807) is 12.3 Å². The molecule has 2 aromatic heterocycles. The molecule has 1 fully saturated rings. The van der Waals surface area contributed by atoms with Gasteiger partial charge in [0.25, 0.3) is 0 Å². The van der Waals surface area contributed by atoms with Gasteiger partial charge in [0, 0.05) is 24.0 Å². The normalized spacial score (nSPS) is 20.0. The van der Waals surface area contributed by atoms with E-state index in [2.05, 4.69) is 15.3 Å². The highest BCUT2D eigenvalue weighted by Crippen LogP contribution is 2.38. The van der Waals surface area contributed by atoms with Crippen LogP contribution in [0.4, 0.5) is 0 Å². The highest BCUT2D eigenvalue weighted by atomic mass is 16.3. The van der Waals surface area contributed by atoms with Crippen LogP contribution in [0, 0.1) is 5.92 Å². The first kappa shape index (κ1) is 17.4. The van der Waals surface area contributed by atoms with Crippen molar-refractivity contribution in [2.24, 2.45) is 5.92 Å². The summed E-state index contributed by atoms with van der Waals surface area (Å²) >= 11 is 0. The van der Waals surface area contributed by atoms with Crippen molar-refractivity contribution in [1.82, 2.24) is 19.9 Å². The van der Waals surface area contributed by atoms with Crippen LogP contribution in [-0.4, -0.2) is 31.7 Å². The van der Waals surface area contributed by atoms with Gasteiger partial charge in [0.1, 0.15) is 6.54 Å². The second-order valence-electron chi connectivity index (χ2n) is 6.92. The number of carbonyl (C=O) groups is 1. The number of amides is 1. The van der Waals surface area contributed by atoms with E-state index in [0.717, 1.165) is 16.5 Å². The van der Waals surface area contributed by atoms with Crippen molar-refractivity contribution < 1.29 is 9.90 Å². The third-order valence-corrected chi connectivity index (χ3v) is 5.00. The standard InChI is InChI=1S/C20H20N4O3/c25-16-9-14(10-16)19(15-8-13-4-1-2-5-17(13)22-11-15)23-18(26)12-24-7-3-6-21-20(24)27/h1-8,11,14,16,19,25H,9-10,12H2,(H,23,26). The summed E-state index contributed by atoms with van der Waals surface area (Å²) in [7, 11) is 0. The summed E-state index contributed by atoms with van der Waals surface area (Å²) in [6.07, 6.45) is 5.64.